The third-order valence-corrected chi connectivity index (χ3v) is 14.1. The van der Waals surface area contributed by atoms with Crippen LogP contribution >= 0.6 is 0 Å². The Morgan fingerprint density at radius 3 is 1.61 bits per heavy atom. The molecule has 0 amide bonds. The summed E-state index contributed by atoms with van der Waals surface area (Å²) in [5, 5.41) is 0. The van der Waals surface area contributed by atoms with Crippen molar-refractivity contribution in [2.45, 2.75) is 130 Å². The maximum atomic E-state index is 2.66. The van der Waals surface area contributed by atoms with E-state index in [9.17, 15) is 0 Å². The van der Waals surface area contributed by atoms with Crippen molar-refractivity contribution in [2.24, 2.45) is 5.41 Å². The van der Waals surface area contributed by atoms with Crippen LogP contribution in [0.1, 0.15) is 142 Å². The van der Waals surface area contributed by atoms with Crippen LogP contribution in [0.15, 0.2) is 157 Å². The van der Waals surface area contributed by atoms with Crippen LogP contribution in [0.3, 0.4) is 0 Å². The monoisotopic (exact) mass is 816 g/mol. The van der Waals surface area contributed by atoms with Gasteiger partial charge in [0.1, 0.15) is 0 Å². The van der Waals surface area contributed by atoms with Crippen molar-refractivity contribution in [3.8, 4) is 22.3 Å². The van der Waals surface area contributed by atoms with Gasteiger partial charge in [-0.25, -0.2) is 0 Å². The van der Waals surface area contributed by atoms with Gasteiger partial charge < -0.3 is 4.90 Å². The van der Waals surface area contributed by atoms with Crippen LogP contribution in [-0.2, 0) is 27.1 Å². The first kappa shape index (κ1) is 43.3. The summed E-state index contributed by atoms with van der Waals surface area (Å²) in [4.78, 5) is 2.56. The van der Waals surface area contributed by atoms with Crippen molar-refractivity contribution in [3.05, 3.63) is 196 Å². The lowest BCUT2D eigenvalue weighted by Gasteiger charge is -2.48. The number of hydrogen-bond acceptors (Lipinski definition) is 1. The molecule has 2 aliphatic rings. The summed E-state index contributed by atoms with van der Waals surface area (Å²) in [6.07, 6.45) is 6.07. The van der Waals surface area contributed by atoms with E-state index in [1.54, 1.807) is 0 Å². The molecule has 1 heteroatoms. The molecule has 6 aromatic rings. The molecule has 0 N–H and O–H groups in total. The second kappa shape index (κ2) is 15.1. The van der Waals surface area contributed by atoms with Gasteiger partial charge in [0.15, 0.2) is 0 Å². The SMILES string of the molecule is CC(C)(C)c1cccc(C2=CC(N(c3ccc(-c4ccccc4)cc3)c3ccc4c(c3)C(C)(C)c3ccccc3-4)=CC(c3cc(C(C)(C)C)cc(C(C)(C)C)c3)(C(C)(C)C)C2)c1. The van der Waals surface area contributed by atoms with E-state index in [0.717, 1.165) is 12.1 Å². The lowest BCUT2D eigenvalue weighted by atomic mass is 9.56. The Hall–Kier alpha value is -5.40. The van der Waals surface area contributed by atoms with Gasteiger partial charge in [0, 0.05) is 27.9 Å². The van der Waals surface area contributed by atoms with Gasteiger partial charge in [-0.2, -0.15) is 0 Å². The van der Waals surface area contributed by atoms with Crippen molar-refractivity contribution in [1.82, 2.24) is 0 Å². The van der Waals surface area contributed by atoms with Crippen molar-refractivity contribution in [3.63, 3.8) is 0 Å². The number of rotatable bonds is 6. The molecule has 1 nitrogen and oxygen atoms in total. The summed E-state index contributed by atoms with van der Waals surface area (Å²) in [5.41, 5.74) is 18.9. The molecule has 2 aliphatic carbocycles. The van der Waals surface area contributed by atoms with Crippen LogP contribution in [0.5, 0.6) is 0 Å². The fourth-order valence-electron chi connectivity index (χ4n) is 9.94. The molecule has 0 heterocycles. The van der Waals surface area contributed by atoms with Crippen LogP contribution < -0.4 is 4.90 Å². The average Bonchev–Trinajstić information content (AvgIpc) is 3.45. The molecular weight excluding hydrogens is 747 g/mol. The van der Waals surface area contributed by atoms with E-state index in [1.807, 2.05) is 0 Å². The molecule has 0 saturated carbocycles. The molecule has 0 fully saturated rings. The van der Waals surface area contributed by atoms with Gasteiger partial charge in [-0.05, 0) is 131 Å². The fourth-order valence-corrected chi connectivity index (χ4v) is 9.94. The standard InChI is InChI=1S/C61H69N/c1-56(2,3)45-24-20-23-43(33-45)44-34-51(40-61(39-44,59(10,11)12)48-36-46(57(4,5)6)35-47(37-48)58(7,8)9)62(49-29-27-42(28-30-49)41-21-16-15-17-22-41)50-31-32-53-52-25-18-19-26-54(52)60(13,14)55(53)38-50/h15-38,40H,39H2,1-14H3. The van der Waals surface area contributed by atoms with E-state index in [0.29, 0.717) is 0 Å². The Labute approximate surface area is 374 Å². The smallest absolute Gasteiger partial charge is 0.0464 e. The number of benzene rings is 6. The highest BCUT2D eigenvalue weighted by Gasteiger charge is 2.46. The zero-order chi connectivity index (χ0) is 44.6. The molecule has 1 atom stereocenters. The molecule has 318 valence electrons. The summed E-state index contributed by atoms with van der Waals surface area (Å²) >= 11 is 0. The third kappa shape index (κ3) is 7.82. The summed E-state index contributed by atoms with van der Waals surface area (Å²) in [7, 11) is 0. The fraction of sp³-hybridized carbons (Fsp3) is 0.344. The number of nitrogens with zero attached hydrogens (tertiary/aromatic N) is 1. The number of hydrogen-bond donors (Lipinski definition) is 0. The second-order valence-electron chi connectivity index (χ2n) is 22.9. The van der Waals surface area contributed by atoms with E-state index in [-0.39, 0.29) is 32.5 Å². The highest BCUT2D eigenvalue weighted by molar-refractivity contribution is 5.86. The maximum Gasteiger partial charge on any atom is 0.0464 e. The molecule has 0 aliphatic heterocycles. The highest BCUT2D eigenvalue weighted by Crippen LogP contribution is 2.55. The van der Waals surface area contributed by atoms with Gasteiger partial charge >= 0.3 is 0 Å². The Balaban J connectivity index is 1.44. The van der Waals surface area contributed by atoms with Crippen LogP contribution in [-0.4, -0.2) is 0 Å². The lowest BCUT2D eigenvalue weighted by Crippen LogP contribution is -2.42. The molecule has 62 heavy (non-hydrogen) atoms. The van der Waals surface area contributed by atoms with Gasteiger partial charge in [-0.3, -0.25) is 0 Å². The Kier molecular flexibility index (Phi) is 10.6. The minimum Gasteiger partial charge on any atom is -0.311 e. The van der Waals surface area contributed by atoms with Gasteiger partial charge in [0.25, 0.3) is 0 Å². The number of allylic oxidation sites excluding steroid dienone is 3. The topological polar surface area (TPSA) is 3.24 Å². The molecule has 1 unspecified atom stereocenters. The van der Waals surface area contributed by atoms with Crippen LogP contribution in [0.2, 0.25) is 0 Å². The number of anilines is 2. The molecule has 6 aromatic carbocycles. The quantitative estimate of drug-likeness (QED) is 0.162. The van der Waals surface area contributed by atoms with Crippen LogP contribution in [0.25, 0.3) is 27.8 Å². The van der Waals surface area contributed by atoms with Crippen LogP contribution in [0.4, 0.5) is 11.4 Å². The minimum atomic E-state index is -0.361. The summed E-state index contributed by atoms with van der Waals surface area (Å²) in [5.74, 6) is 0. The summed E-state index contributed by atoms with van der Waals surface area (Å²) < 4.78 is 0. The normalized spacial score (nSPS) is 17.5. The Morgan fingerprint density at radius 2 is 1.00 bits per heavy atom. The van der Waals surface area contributed by atoms with Crippen LogP contribution in [0, 0.1) is 5.41 Å². The molecule has 0 spiro atoms. The maximum absolute atomic E-state index is 2.66. The van der Waals surface area contributed by atoms with E-state index in [4.69, 9.17) is 0 Å². The molecular formula is C61H69N. The molecule has 0 radical (unpaired) electrons. The Bertz CT molecular complexity index is 2660. The predicted molar refractivity (Wildman–Crippen MR) is 269 cm³/mol. The molecule has 0 saturated heterocycles. The number of fused-ring (bicyclic) bond motifs is 3. The van der Waals surface area contributed by atoms with Gasteiger partial charge in [0.2, 0.25) is 0 Å². The Morgan fingerprint density at radius 1 is 0.452 bits per heavy atom. The van der Waals surface area contributed by atoms with E-state index in [1.165, 1.54) is 78.2 Å². The highest BCUT2D eigenvalue weighted by atomic mass is 15.1. The molecule has 8 rings (SSSR count). The summed E-state index contributed by atoms with van der Waals surface area (Å²) in [6, 6.07) is 53.1. The van der Waals surface area contributed by atoms with Crippen molar-refractivity contribution >= 4 is 16.9 Å². The van der Waals surface area contributed by atoms with Gasteiger partial charge in [0.05, 0.1) is 0 Å². The molecule has 0 bridgehead atoms. The van der Waals surface area contributed by atoms with Gasteiger partial charge in [-0.15, -0.1) is 0 Å². The zero-order valence-corrected chi connectivity index (χ0v) is 40.1. The third-order valence-electron chi connectivity index (χ3n) is 14.1. The van der Waals surface area contributed by atoms with E-state index >= 15 is 0 Å². The summed E-state index contributed by atoms with van der Waals surface area (Å²) in [6.45, 7) is 33.3. The largest absolute Gasteiger partial charge is 0.311 e. The first-order chi connectivity index (χ1) is 29.0. The first-order valence-corrected chi connectivity index (χ1v) is 22.9. The van der Waals surface area contributed by atoms with E-state index in [2.05, 4.69) is 254 Å². The lowest BCUT2D eigenvalue weighted by molar-refractivity contribution is 0.238. The molecule has 0 aromatic heterocycles. The van der Waals surface area contributed by atoms with Gasteiger partial charge in [-0.1, -0.05) is 212 Å². The van der Waals surface area contributed by atoms with Crippen molar-refractivity contribution in [2.75, 3.05) is 4.90 Å². The van der Waals surface area contributed by atoms with E-state index < -0.39 is 0 Å². The average molecular weight is 816 g/mol. The first-order valence-electron chi connectivity index (χ1n) is 22.9. The predicted octanol–water partition coefficient (Wildman–Crippen LogP) is 17.0. The second-order valence-corrected chi connectivity index (χ2v) is 22.9. The minimum absolute atomic E-state index is 0.0165. The van der Waals surface area contributed by atoms with Crippen molar-refractivity contribution in [1.29, 1.82) is 0 Å². The van der Waals surface area contributed by atoms with Crippen molar-refractivity contribution < 1.29 is 0 Å². The zero-order valence-electron chi connectivity index (χ0n) is 40.1.